The molecule has 2 N–H and O–H groups in total. The Labute approximate surface area is 98.3 Å². The highest BCUT2D eigenvalue weighted by molar-refractivity contribution is 7.80. The van der Waals surface area contributed by atoms with E-state index in [0.717, 1.165) is 19.4 Å². The highest BCUT2D eigenvalue weighted by Gasteiger charge is 2.07. The van der Waals surface area contributed by atoms with Crippen LogP contribution in [0, 0.1) is 0 Å². The molecule has 0 spiro atoms. The second-order valence-electron chi connectivity index (χ2n) is 3.54. The minimum absolute atomic E-state index is 0.150. The van der Waals surface area contributed by atoms with Gasteiger partial charge in [0.1, 0.15) is 0 Å². The van der Waals surface area contributed by atoms with Crippen LogP contribution in [0.25, 0.3) is 0 Å². The van der Waals surface area contributed by atoms with Crippen LogP contribution in [0.5, 0.6) is 0 Å². The predicted molar refractivity (Wildman–Crippen MR) is 67.2 cm³/mol. The van der Waals surface area contributed by atoms with Crippen molar-refractivity contribution in [3.63, 3.8) is 0 Å². The summed E-state index contributed by atoms with van der Waals surface area (Å²) in [5, 5.41) is 0. The van der Waals surface area contributed by atoms with Gasteiger partial charge in [-0.25, -0.2) is 0 Å². The lowest BCUT2D eigenvalue weighted by atomic mass is 10.2. The second-order valence-corrected chi connectivity index (χ2v) is 4.06. The van der Waals surface area contributed by atoms with Gasteiger partial charge < -0.3 is 15.2 Å². The molecular weight excluding hydrogens is 210 g/mol. The molecule has 0 aromatic rings. The van der Waals surface area contributed by atoms with Gasteiger partial charge in [0.2, 0.25) is 0 Å². The average molecular weight is 233 g/mol. The molecule has 0 saturated carbocycles. The maximum absolute atomic E-state index is 5.59. The van der Waals surface area contributed by atoms with E-state index in [4.69, 9.17) is 27.4 Å². The second kappa shape index (κ2) is 10.3. The molecule has 15 heavy (non-hydrogen) atoms. The summed E-state index contributed by atoms with van der Waals surface area (Å²) in [6, 6.07) is 0. The summed E-state index contributed by atoms with van der Waals surface area (Å²) in [7, 11) is 0. The first-order valence-corrected chi connectivity index (χ1v) is 6.09. The molecule has 3 nitrogen and oxygen atoms in total. The molecule has 0 aromatic heterocycles. The molecule has 0 heterocycles. The number of unbranched alkanes of at least 4 members (excludes halogenated alkanes) is 1. The average Bonchev–Trinajstić information content (AvgIpc) is 2.20. The molecule has 90 valence electrons. The van der Waals surface area contributed by atoms with Crippen molar-refractivity contribution in [1.82, 2.24) is 0 Å². The number of rotatable bonds is 10. The van der Waals surface area contributed by atoms with Gasteiger partial charge in [0.05, 0.1) is 24.3 Å². The summed E-state index contributed by atoms with van der Waals surface area (Å²) < 4.78 is 11.0. The van der Waals surface area contributed by atoms with Crippen molar-refractivity contribution in [3.05, 3.63) is 0 Å². The molecule has 0 aliphatic heterocycles. The van der Waals surface area contributed by atoms with Gasteiger partial charge >= 0.3 is 0 Å². The first-order valence-electron chi connectivity index (χ1n) is 5.68. The van der Waals surface area contributed by atoms with Crippen LogP contribution < -0.4 is 5.73 Å². The highest BCUT2D eigenvalue weighted by Crippen LogP contribution is 2.03. The first kappa shape index (κ1) is 14.8. The van der Waals surface area contributed by atoms with Crippen LogP contribution in [-0.4, -0.2) is 30.9 Å². The summed E-state index contributed by atoms with van der Waals surface area (Å²) in [4.78, 5) is 0.522. The molecule has 0 radical (unpaired) electrons. The van der Waals surface area contributed by atoms with Crippen molar-refractivity contribution in [3.8, 4) is 0 Å². The predicted octanol–water partition coefficient (Wildman–Crippen LogP) is 2.27. The zero-order valence-corrected chi connectivity index (χ0v) is 10.6. The van der Waals surface area contributed by atoms with Crippen LogP contribution >= 0.6 is 12.2 Å². The van der Waals surface area contributed by atoms with Crippen molar-refractivity contribution in [2.24, 2.45) is 5.73 Å². The third-order valence-corrected chi connectivity index (χ3v) is 2.27. The molecule has 0 saturated heterocycles. The number of hydrogen-bond acceptors (Lipinski definition) is 3. The van der Waals surface area contributed by atoms with Crippen LogP contribution in [-0.2, 0) is 9.47 Å². The van der Waals surface area contributed by atoms with Gasteiger partial charge in [-0.05, 0) is 12.8 Å². The maximum atomic E-state index is 5.59. The van der Waals surface area contributed by atoms with Gasteiger partial charge in [0.15, 0.2) is 0 Å². The van der Waals surface area contributed by atoms with Crippen molar-refractivity contribution >= 4 is 17.2 Å². The first-order chi connectivity index (χ1) is 7.20. The lowest BCUT2D eigenvalue weighted by Gasteiger charge is -2.15. The number of hydrogen-bond donors (Lipinski definition) is 1. The lowest BCUT2D eigenvalue weighted by Crippen LogP contribution is -2.22. The van der Waals surface area contributed by atoms with Crippen molar-refractivity contribution in [2.45, 2.75) is 45.6 Å². The molecule has 0 fully saturated rings. The molecule has 1 atom stereocenters. The SMILES string of the molecule is CCCCOCCOC(CC)CC(N)=S. The minimum Gasteiger partial charge on any atom is -0.393 e. The summed E-state index contributed by atoms with van der Waals surface area (Å²) in [6.45, 7) is 6.33. The monoisotopic (exact) mass is 233 g/mol. The van der Waals surface area contributed by atoms with Gasteiger partial charge in [0, 0.05) is 13.0 Å². The van der Waals surface area contributed by atoms with Gasteiger partial charge in [-0.3, -0.25) is 0 Å². The van der Waals surface area contributed by atoms with Crippen LogP contribution in [0.1, 0.15) is 39.5 Å². The fraction of sp³-hybridized carbons (Fsp3) is 0.909. The Kier molecular flexibility index (Phi) is 10.2. The summed E-state index contributed by atoms with van der Waals surface area (Å²) in [6.07, 6.45) is 4.04. The van der Waals surface area contributed by atoms with E-state index in [9.17, 15) is 0 Å². The van der Waals surface area contributed by atoms with Crippen LogP contribution in [0.2, 0.25) is 0 Å². The molecule has 0 rings (SSSR count). The van der Waals surface area contributed by atoms with Crippen molar-refractivity contribution in [2.75, 3.05) is 19.8 Å². The molecule has 0 bridgehead atoms. The third kappa shape index (κ3) is 10.1. The Morgan fingerprint density at radius 2 is 2.00 bits per heavy atom. The van der Waals surface area contributed by atoms with Crippen molar-refractivity contribution < 1.29 is 9.47 Å². The quantitative estimate of drug-likeness (QED) is 0.464. The Hall–Kier alpha value is -0.190. The van der Waals surface area contributed by atoms with Gasteiger partial charge in [-0.2, -0.15) is 0 Å². The van der Waals surface area contributed by atoms with Crippen LogP contribution in [0.3, 0.4) is 0 Å². The van der Waals surface area contributed by atoms with Crippen LogP contribution in [0.15, 0.2) is 0 Å². The van der Waals surface area contributed by atoms with E-state index in [-0.39, 0.29) is 6.10 Å². The van der Waals surface area contributed by atoms with E-state index in [1.54, 1.807) is 0 Å². The van der Waals surface area contributed by atoms with E-state index in [0.29, 0.717) is 24.6 Å². The molecule has 0 aliphatic carbocycles. The third-order valence-electron chi connectivity index (χ3n) is 2.11. The molecule has 4 heteroatoms. The zero-order chi connectivity index (χ0) is 11.5. The molecule has 1 unspecified atom stereocenters. The van der Waals surface area contributed by atoms with E-state index >= 15 is 0 Å². The Bertz CT molecular complexity index is 165. The van der Waals surface area contributed by atoms with Gasteiger partial charge in [-0.15, -0.1) is 0 Å². The summed E-state index contributed by atoms with van der Waals surface area (Å²) >= 11 is 4.84. The Morgan fingerprint density at radius 1 is 1.27 bits per heavy atom. The van der Waals surface area contributed by atoms with Crippen LogP contribution in [0.4, 0.5) is 0 Å². The summed E-state index contributed by atoms with van der Waals surface area (Å²) in [5.41, 5.74) is 5.46. The Morgan fingerprint density at radius 3 is 2.53 bits per heavy atom. The normalized spacial score (nSPS) is 12.7. The Balaban J connectivity index is 3.34. The molecule has 0 aliphatic rings. The smallest absolute Gasteiger partial charge is 0.0753 e. The fourth-order valence-corrected chi connectivity index (χ4v) is 1.35. The molecule has 0 amide bonds. The molecular formula is C11H23NO2S. The van der Waals surface area contributed by atoms with E-state index in [1.807, 2.05) is 0 Å². The largest absolute Gasteiger partial charge is 0.393 e. The van der Waals surface area contributed by atoms with E-state index in [2.05, 4.69) is 13.8 Å². The minimum atomic E-state index is 0.150. The molecule has 0 aromatic carbocycles. The number of ether oxygens (including phenoxy) is 2. The standard InChI is InChI=1S/C11H23NO2S/c1-3-5-6-13-7-8-14-10(4-2)9-11(12)15/h10H,3-9H2,1-2H3,(H2,12,15). The zero-order valence-electron chi connectivity index (χ0n) is 9.83. The topological polar surface area (TPSA) is 44.5 Å². The van der Waals surface area contributed by atoms with Gasteiger partial charge in [0.25, 0.3) is 0 Å². The highest BCUT2D eigenvalue weighted by atomic mass is 32.1. The fourth-order valence-electron chi connectivity index (χ4n) is 1.17. The lowest BCUT2D eigenvalue weighted by molar-refractivity contribution is 0.00598. The summed E-state index contributed by atoms with van der Waals surface area (Å²) in [5.74, 6) is 0. The number of nitrogens with two attached hydrogens (primary N) is 1. The van der Waals surface area contributed by atoms with Gasteiger partial charge in [-0.1, -0.05) is 32.5 Å². The van der Waals surface area contributed by atoms with Crippen molar-refractivity contribution in [1.29, 1.82) is 0 Å². The van der Waals surface area contributed by atoms with E-state index < -0.39 is 0 Å². The van der Waals surface area contributed by atoms with E-state index in [1.165, 1.54) is 6.42 Å². The number of thiocarbonyl (C=S) groups is 1. The maximum Gasteiger partial charge on any atom is 0.0753 e.